The molecule has 0 bridgehead atoms. The van der Waals surface area contributed by atoms with Crippen molar-refractivity contribution < 1.29 is 0 Å². The van der Waals surface area contributed by atoms with Gasteiger partial charge in [-0.3, -0.25) is 0 Å². The molecule has 1 aromatic carbocycles. The van der Waals surface area contributed by atoms with Crippen molar-refractivity contribution in [2.75, 3.05) is 24.2 Å². The zero-order valence-electron chi connectivity index (χ0n) is 10.7. The van der Waals surface area contributed by atoms with Crippen LogP contribution in [-0.2, 0) is 0 Å². The van der Waals surface area contributed by atoms with Gasteiger partial charge in [0.25, 0.3) is 0 Å². The summed E-state index contributed by atoms with van der Waals surface area (Å²) in [5.74, 6) is 1.12. The lowest BCUT2D eigenvalue weighted by Gasteiger charge is -2.28. The molecule has 0 unspecified atom stereocenters. The van der Waals surface area contributed by atoms with Gasteiger partial charge >= 0.3 is 0 Å². The van der Waals surface area contributed by atoms with E-state index in [1.807, 2.05) is 25.6 Å². The smallest absolute Gasteiger partial charge is 0.0365 e. The summed E-state index contributed by atoms with van der Waals surface area (Å²) in [5, 5.41) is 0. The van der Waals surface area contributed by atoms with Crippen molar-refractivity contribution >= 4 is 17.4 Å². The predicted molar refractivity (Wildman–Crippen MR) is 74.4 cm³/mol. The highest BCUT2D eigenvalue weighted by Gasteiger charge is 2.14. The van der Waals surface area contributed by atoms with Crippen molar-refractivity contribution in [2.24, 2.45) is 5.73 Å². The Bertz CT molecular complexity index is 314. The number of anilines is 1. The quantitative estimate of drug-likeness (QED) is 0.800. The van der Waals surface area contributed by atoms with Crippen LogP contribution in [-0.4, -0.2) is 24.9 Å². The third kappa shape index (κ3) is 4.45. The standard InChI is InChI=1S/C13H22N2S/c1-5-16-12-8-6-11(7-9-12)15(4)10-13(2,3)14/h6-9H,5,10,14H2,1-4H3. The van der Waals surface area contributed by atoms with E-state index in [1.165, 1.54) is 10.6 Å². The largest absolute Gasteiger partial charge is 0.373 e. The van der Waals surface area contributed by atoms with E-state index < -0.39 is 0 Å². The molecule has 0 saturated heterocycles. The SMILES string of the molecule is CCSc1ccc(N(C)CC(C)(C)N)cc1. The van der Waals surface area contributed by atoms with Crippen molar-refractivity contribution in [3.05, 3.63) is 24.3 Å². The molecular weight excluding hydrogens is 216 g/mol. The topological polar surface area (TPSA) is 29.3 Å². The van der Waals surface area contributed by atoms with Gasteiger partial charge in [0.1, 0.15) is 0 Å². The molecule has 2 N–H and O–H groups in total. The Labute approximate surface area is 103 Å². The molecule has 0 spiro atoms. The van der Waals surface area contributed by atoms with Gasteiger partial charge < -0.3 is 10.6 Å². The Kier molecular flexibility index (Phi) is 4.69. The van der Waals surface area contributed by atoms with Crippen molar-refractivity contribution in [1.82, 2.24) is 0 Å². The maximum Gasteiger partial charge on any atom is 0.0365 e. The second-order valence-electron chi connectivity index (χ2n) is 4.77. The summed E-state index contributed by atoms with van der Waals surface area (Å²) in [4.78, 5) is 3.52. The van der Waals surface area contributed by atoms with Crippen LogP contribution in [0.4, 0.5) is 5.69 Å². The average molecular weight is 238 g/mol. The number of nitrogens with zero attached hydrogens (tertiary/aromatic N) is 1. The summed E-state index contributed by atoms with van der Waals surface area (Å²) in [7, 11) is 2.08. The molecule has 0 amide bonds. The molecule has 0 aliphatic heterocycles. The van der Waals surface area contributed by atoms with Gasteiger partial charge in [0, 0.05) is 29.7 Å². The molecule has 16 heavy (non-hydrogen) atoms. The molecule has 0 radical (unpaired) electrons. The van der Waals surface area contributed by atoms with Crippen LogP contribution in [0.3, 0.4) is 0 Å². The number of hydrogen-bond acceptors (Lipinski definition) is 3. The molecule has 0 fully saturated rings. The summed E-state index contributed by atoms with van der Waals surface area (Å²) in [6, 6.07) is 8.65. The number of likely N-dealkylation sites (N-methyl/N-ethyl adjacent to an activating group) is 1. The summed E-state index contributed by atoms with van der Waals surface area (Å²) in [6.07, 6.45) is 0. The Balaban J connectivity index is 2.66. The normalized spacial score (nSPS) is 11.6. The molecule has 0 aliphatic rings. The second kappa shape index (κ2) is 5.60. The highest BCUT2D eigenvalue weighted by molar-refractivity contribution is 7.99. The van der Waals surface area contributed by atoms with Gasteiger partial charge in [-0.25, -0.2) is 0 Å². The van der Waals surface area contributed by atoms with Gasteiger partial charge in [0.2, 0.25) is 0 Å². The van der Waals surface area contributed by atoms with Crippen LogP contribution < -0.4 is 10.6 Å². The zero-order chi connectivity index (χ0) is 12.2. The highest BCUT2D eigenvalue weighted by atomic mass is 32.2. The van der Waals surface area contributed by atoms with Crippen molar-refractivity contribution in [3.63, 3.8) is 0 Å². The lowest BCUT2D eigenvalue weighted by atomic mass is 10.1. The van der Waals surface area contributed by atoms with Gasteiger partial charge in [-0.05, 0) is 43.9 Å². The zero-order valence-corrected chi connectivity index (χ0v) is 11.5. The van der Waals surface area contributed by atoms with E-state index in [0.717, 1.165) is 12.3 Å². The first-order valence-electron chi connectivity index (χ1n) is 5.65. The van der Waals surface area contributed by atoms with Crippen LogP contribution in [0, 0.1) is 0 Å². The maximum atomic E-state index is 6.01. The van der Waals surface area contributed by atoms with Crippen molar-refractivity contribution in [1.29, 1.82) is 0 Å². The van der Waals surface area contributed by atoms with Gasteiger partial charge in [-0.1, -0.05) is 6.92 Å². The summed E-state index contributed by atoms with van der Waals surface area (Å²) < 4.78 is 0. The Morgan fingerprint density at radius 2 is 1.81 bits per heavy atom. The first-order valence-corrected chi connectivity index (χ1v) is 6.64. The van der Waals surface area contributed by atoms with E-state index in [-0.39, 0.29) is 5.54 Å². The lowest BCUT2D eigenvalue weighted by Crippen LogP contribution is -2.44. The minimum Gasteiger partial charge on any atom is -0.373 e. The van der Waals surface area contributed by atoms with Crippen LogP contribution in [0.2, 0.25) is 0 Å². The second-order valence-corrected chi connectivity index (χ2v) is 6.11. The van der Waals surface area contributed by atoms with Crippen LogP contribution in [0.15, 0.2) is 29.2 Å². The maximum absolute atomic E-state index is 6.01. The molecule has 2 nitrogen and oxygen atoms in total. The molecule has 0 aliphatic carbocycles. The van der Waals surface area contributed by atoms with Crippen LogP contribution >= 0.6 is 11.8 Å². The molecule has 0 heterocycles. The fourth-order valence-corrected chi connectivity index (χ4v) is 2.33. The molecule has 1 aromatic rings. The monoisotopic (exact) mass is 238 g/mol. The number of nitrogens with two attached hydrogens (primary N) is 1. The fraction of sp³-hybridized carbons (Fsp3) is 0.538. The Morgan fingerprint density at radius 1 is 1.25 bits per heavy atom. The number of thioether (sulfide) groups is 1. The van der Waals surface area contributed by atoms with Crippen LogP contribution in [0.1, 0.15) is 20.8 Å². The number of hydrogen-bond donors (Lipinski definition) is 1. The first-order chi connectivity index (χ1) is 7.42. The summed E-state index contributed by atoms with van der Waals surface area (Å²) in [5.41, 5.74) is 7.07. The molecule has 0 atom stereocenters. The van der Waals surface area contributed by atoms with Gasteiger partial charge in [0.15, 0.2) is 0 Å². The molecule has 0 saturated carbocycles. The van der Waals surface area contributed by atoms with E-state index in [0.29, 0.717) is 0 Å². The number of benzene rings is 1. The molecule has 1 rings (SSSR count). The van der Waals surface area contributed by atoms with Crippen LogP contribution in [0.25, 0.3) is 0 Å². The van der Waals surface area contributed by atoms with Gasteiger partial charge in [-0.2, -0.15) is 0 Å². The summed E-state index contributed by atoms with van der Waals surface area (Å²) in [6.45, 7) is 7.12. The van der Waals surface area contributed by atoms with E-state index >= 15 is 0 Å². The fourth-order valence-electron chi connectivity index (χ4n) is 1.67. The molecule has 3 heteroatoms. The summed E-state index contributed by atoms with van der Waals surface area (Å²) >= 11 is 1.87. The van der Waals surface area contributed by atoms with Crippen molar-refractivity contribution in [2.45, 2.75) is 31.2 Å². The third-order valence-corrected chi connectivity index (χ3v) is 3.13. The Hall–Kier alpha value is -0.670. The average Bonchev–Trinajstić information content (AvgIpc) is 2.16. The highest BCUT2D eigenvalue weighted by Crippen LogP contribution is 2.22. The van der Waals surface area contributed by atoms with E-state index in [2.05, 4.69) is 43.1 Å². The van der Waals surface area contributed by atoms with Gasteiger partial charge in [-0.15, -0.1) is 11.8 Å². The van der Waals surface area contributed by atoms with E-state index in [1.54, 1.807) is 0 Å². The van der Waals surface area contributed by atoms with E-state index in [9.17, 15) is 0 Å². The lowest BCUT2D eigenvalue weighted by molar-refractivity contribution is 0.519. The van der Waals surface area contributed by atoms with E-state index in [4.69, 9.17) is 5.73 Å². The minimum atomic E-state index is -0.161. The Morgan fingerprint density at radius 3 is 2.25 bits per heavy atom. The van der Waals surface area contributed by atoms with Crippen molar-refractivity contribution in [3.8, 4) is 0 Å². The van der Waals surface area contributed by atoms with Crippen LogP contribution in [0.5, 0.6) is 0 Å². The molecule has 0 aromatic heterocycles. The predicted octanol–water partition coefficient (Wildman–Crippen LogP) is 2.97. The molecule has 90 valence electrons. The molecular formula is C13H22N2S. The minimum absolute atomic E-state index is 0.161. The first kappa shape index (κ1) is 13.4. The number of rotatable bonds is 5. The van der Waals surface area contributed by atoms with Gasteiger partial charge in [0.05, 0.1) is 0 Å². The third-order valence-electron chi connectivity index (χ3n) is 2.23.